The van der Waals surface area contributed by atoms with E-state index in [2.05, 4.69) is 14.9 Å². The van der Waals surface area contributed by atoms with Crippen molar-refractivity contribution in [2.24, 2.45) is 0 Å². The molecule has 3 nitrogen and oxygen atoms in total. The SMILES string of the molecule is CC(NCCCCn1ccnc1)c1ccccc1F. The zero-order chi connectivity index (χ0) is 13.5. The third-order valence-corrected chi connectivity index (χ3v) is 3.22. The lowest BCUT2D eigenvalue weighted by Gasteiger charge is -2.14. The molecule has 1 heterocycles. The van der Waals surface area contributed by atoms with Crippen molar-refractivity contribution in [3.63, 3.8) is 0 Å². The van der Waals surface area contributed by atoms with Crippen LogP contribution in [0.15, 0.2) is 43.0 Å². The molecule has 1 aromatic heterocycles. The van der Waals surface area contributed by atoms with E-state index in [-0.39, 0.29) is 11.9 Å². The van der Waals surface area contributed by atoms with Gasteiger partial charge in [-0.25, -0.2) is 9.37 Å². The lowest BCUT2D eigenvalue weighted by atomic mass is 10.1. The Bertz CT molecular complexity index is 482. The summed E-state index contributed by atoms with van der Waals surface area (Å²) in [7, 11) is 0. The fourth-order valence-corrected chi connectivity index (χ4v) is 2.09. The van der Waals surface area contributed by atoms with Gasteiger partial charge in [0, 0.05) is 30.5 Å². The van der Waals surface area contributed by atoms with Crippen LogP contribution >= 0.6 is 0 Å². The standard InChI is InChI=1S/C15H20FN3/c1-13(14-6-2-3-7-15(14)16)18-8-4-5-10-19-11-9-17-12-19/h2-3,6-7,9,11-13,18H,4-5,8,10H2,1H3. The molecule has 2 aromatic rings. The quantitative estimate of drug-likeness (QED) is 0.776. The number of nitrogens with zero attached hydrogens (tertiary/aromatic N) is 2. The van der Waals surface area contributed by atoms with Gasteiger partial charge in [-0.1, -0.05) is 18.2 Å². The second kappa shape index (κ2) is 7.04. The fraction of sp³-hybridized carbons (Fsp3) is 0.400. The van der Waals surface area contributed by atoms with Crippen LogP contribution in [0, 0.1) is 5.82 Å². The van der Waals surface area contributed by atoms with Gasteiger partial charge in [0.1, 0.15) is 5.82 Å². The molecule has 4 heteroatoms. The third kappa shape index (κ3) is 4.17. The number of hydrogen-bond acceptors (Lipinski definition) is 2. The minimum atomic E-state index is -0.138. The molecule has 1 aromatic carbocycles. The molecule has 1 unspecified atom stereocenters. The van der Waals surface area contributed by atoms with Crippen molar-refractivity contribution in [2.45, 2.75) is 32.4 Å². The van der Waals surface area contributed by atoms with E-state index in [1.54, 1.807) is 12.3 Å². The summed E-state index contributed by atoms with van der Waals surface area (Å²) in [6.07, 6.45) is 7.74. The number of aryl methyl sites for hydroxylation is 1. The molecule has 102 valence electrons. The molecule has 0 fully saturated rings. The molecule has 19 heavy (non-hydrogen) atoms. The fourth-order valence-electron chi connectivity index (χ4n) is 2.09. The van der Waals surface area contributed by atoms with Crippen molar-refractivity contribution in [3.05, 3.63) is 54.4 Å². The van der Waals surface area contributed by atoms with Gasteiger partial charge in [-0.2, -0.15) is 0 Å². The monoisotopic (exact) mass is 261 g/mol. The first-order valence-electron chi connectivity index (χ1n) is 6.71. The highest BCUT2D eigenvalue weighted by atomic mass is 19.1. The summed E-state index contributed by atoms with van der Waals surface area (Å²) in [4.78, 5) is 4.00. The maximum Gasteiger partial charge on any atom is 0.127 e. The van der Waals surface area contributed by atoms with Gasteiger partial charge >= 0.3 is 0 Å². The van der Waals surface area contributed by atoms with Gasteiger partial charge in [0.25, 0.3) is 0 Å². The summed E-state index contributed by atoms with van der Waals surface area (Å²) in [6, 6.07) is 6.98. The second-order valence-corrected chi connectivity index (χ2v) is 4.70. The first kappa shape index (κ1) is 13.7. The van der Waals surface area contributed by atoms with E-state index >= 15 is 0 Å². The normalized spacial score (nSPS) is 12.5. The summed E-state index contributed by atoms with van der Waals surface area (Å²) in [5.74, 6) is -0.138. The highest BCUT2D eigenvalue weighted by Crippen LogP contribution is 2.15. The van der Waals surface area contributed by atoms with Crippen LogP contribution < -0.4 is 5.32 Å². The Labute approximate surface area is 113 Å². The van der Waals surface area contributed by atoms with Gasteiger partial charge in [-0.3, -0.25) is 0 Å². The molecule has 0 saturated carbocycles. The number of aromatic nitrogens is 2. The van der Waals surface area contributed by atoms with Crippen LogP contribution in [0.3, 0.4) is 0 Å². The predicted molar refractivity (Wildman–Crippen MR) is 74.3 cm³/mol. The number of benzene rings is 1. The van der Waals surface area contributed by atoms with Crippen LogP contribution in [0.4, 0.5) is 4.39 Å². The Kier molecular flexibility index (Phi) is 5.10. The average Bonchev–Trinajstić information content (AvgIpc) is 2.92. The maximum atomic E-state index is 13.6. The summed E-state index contributed by atoms with van der Waals surface area (Å²) >= 11 is 0. The van der Waals surface area contributed by atoms with Crippen molar-refractivity contribution in [3.8, 4) is 0 Å². The lowest BCUT2D eigenvalue weighted by Crippen LogP contribution is -2.21. The van der Waals surface area contributed by atoms with Crippen LogP contribution in [0.2, 0.25) is 0 Å². The molecular formula is C15H20FN3. The largest absolute Gasteiger partial charge is 0.337 e. The van der Waals surface area contributed by atoms with E-state index in [1.165, 1.54) is 6.07 Å². The topological polar surface area (TPSA) is 29.9 Å². The number of nitrogens with one attached hydrogen (secondary N) is 1. The van der Waals surface area contributed by atoms with E-state index < -0.39 is 0 Å². The molecule has 0 aliphatic carbocycles. The van der Waals surface area contributed by atoms with Crippen LogP contribution in [0.5, 0.6) is 0 Å². The Morgan fingerprint density at radius 2 is 2.16 bits per heavy atom. The van der Waals surface area contributed by atoms with Crippen molar-refractivity contribution in [1.82, 2.24) is 14.9 Å². The summed E-state index contributed by atoms with van der Waals surface area (Å²) in [5, 5.41) is 3.35. The van der Waals surface area contributed by atoms with Gasteiger partial charge < -0.3 is 9.88 Å². The minimum Gasteiger partial charge on any atom is -0.337 e. The van der Waals surface area contributed by atoms with Crippen molar-refractivity contribution < 1.29 is 4.39 Å². The average molecular weight is 261 g/mol. The number of halogens is 1. The highest BCUT2D eigenvalue weighted by Gasteiger charge is 2.08. The Hall–Kier alpha value is -1.68. The van der Waals surface area contributed by atoms with Crippen molar-refractivity contribution in [1.29, 1.82) is 0 Å². The molecule has 2 rings (SSSR count). The summed E-state index contributed by atoms with van der Waals surface area (Å²) < 4.78 is 15.6. The van der Waals surface area contributed by atoms with Crippen molar-refractivity contribution in [2.75, 3.05) is 6.54 Å². The molecule has 0 aliphatic heterocycles. The Morgan fingerprint density at radius 3 is 2.89 bits per heavy atom. The van der Waals surface area contributed by atoms with E-state index in [4.69, 9.17) is 0 Å². The van der Waals surface area contributed by atoms with Gasteiger partial charge in [-0.05, 0) is 32.4 Å². The van der Waals surface area contributed by atoms with Gasteiger partial charge in [-0.15, -0.1) is 0 Å². The van der Waals surface area contributed by atoms with Crippen molar-refractivity contribution >= 4 is 0 Å². The predicted octanol–water partition coefficient (Wildman–Crippen LogP) is 3.15. The molecule has 1 N–H and O–H groups in total. The molecule has 0 amide bonds. The molecule has 0 aliphatic rings. The Balaban J connectivity index is 1.67. The minimum absolute atomic E-state index is 0.0504. The smallest absolute Gasteiger partial charge is 0.127 e. The van der Waals surface area contributed by atoms with E-state index in [0.717, 1.165) is 31.5 Å². The molecule has 0 bridgehead atoms. The third-order valence-electron chi connectivity index (χ3n) is 3.22. The highest BCUT2D eigenvalue weighted by molar-refractivity contribution is 5.20. The number of rotatable bonds is 7. The van der Waals surface area contributed by atoms with Gasteiger partial charge in [0.15, 0.2) is 0 Å². The zero-order valence-electron chi connectivity index (χ0n) is 11.2. The number of imidazole rings is 1. The zero-order valence-corrected chi connectivity index (χ0v) is 11.2. The van der Waals surface area contributed by atoms with Gasteiger partial charge in [0.05, 0.1) is 6.33 Å². The number of unbranched alkanes of at least 4 members (excludes halogenated alkanes) is 1. The molecule has 1 atom stereocenters. The molecular weight excluding hydrogens is 241 g/mol. The van der Waals surface area contributed by atoms with E-state index in [0.29, 0.717) is 0 Å². The van der Waals surface area contributed by atoms with Gasteiger partial charge in [0.2, 0.25) is 0 Å². The maximum absolute atomic E-state index is 13.6. The molecule has 0 spiro atoms. The van der Waals surface area contributed by atoms with Crippen LogP contribution in [0.25, 0.3) is 0 Å². The lowest BCUT2D eigenvalue weighted by molar-refractivity contribution is 0.502. The first-order valence-corrected chi connectivity index (χ1v) is 6.71. The van der Waals surface area contributed by atoms with Crippen LogP contribution in [-0.2, 0) is 6.54 Å². The van der Waals surface area contributed by atoms with Crippen LogP contribution in [-0.4, -0.2) is 16.1 Å². The number of hydrogen-bond donors (Lipinski definition) is 1. The second-order valence-electron chi connectivity index (χ2n) is 4.70. The van der Waals surface area contributed by atoms with E-state index in [1.807, 2.05) is 31.6 Å². The van der Waals surface area contributed by atoms with E-state index in [9.17, 15) is 4.39 Å². The molecule has 0 saturated heterocycles. The summed E-state index contributed by atoms with van der Waals surface area (Å²) in [6.45, 7) is 3.87. The van der Waals surface area contributed by atoms with Crippen LogP contribution in [0.1, 0.15) is 31.4 Å². The molecule has 0 radical (unpaired) electrons. The summed E-state index contributed by atoms with van der Waals surface area (Å²) in [5.41, 5.74) is 0.733. The first-order chi connectivity index (χ1) is 9.27. The Morgan fingerprint density at radius 1 is 1.32 bits per heavy atom.